The fraction of sp³-hybridized carbons (Fsp3) is 0.214. The Hall–Kier alpha value is -2.64. The van der Waals surface area contributed by atoms with Gasteiger partial charge in [0.05, 0.1) is 31.0 Å². The second-order valence-corrected chi connectivity index (χ2v) is 7.21. The van der Waals surface area contributed by atoms with Crippen molar-refractivity contribution < 1.29 is 31.1 Å². The molecule has 1 aromatic carbocycles. The minimum absolute atomic E-state index is 0.00394. The van der Waals surface area contributed by atoms with Crippen LogP contribution in [0, 0.1) is 0 Å². The summed E-state index contributed by atoms with van der Waals surface area (Å²) in [6.07, 6.45) is -3.69. The first-order chi connectivity index (χ1) is 13.0. The molecule has 0 saturated heterocycles. The van der Waals surface area contributed by atoms with Crippen molar-refractivity contribution in [3.63, 3.8) is 0 Å². The number of alkyl halides is 3. The van der Waals surface area contributed by atoms with Crippen LogP contribution in [-0.4, -0.2) is 42.2 Å². The molecule has 2 aromatic heterocycles. The monoisotopic (exact) mass is 437 g/mol. The summed E-state index contributed by atoms with van der Waals surface area (Å²) in [7, 11) is -2.14. The summed E-state index contributed by atoms with van der Waals surface area (Å²) in [6.45, 7) is 0. The van der Waals surface area contributed by atoms with E-state index < -0.39 is 31.7 Å². The molecule has 2 heterocycles. The molecule has 0 radical (unpaired) electrons. The molecule has 0 bridgehead atoms. The number of ether oxygens (including phenoxy) is 2. The number of halogens is 4. The van der Waals surface area contributed by atoms with E-state index in [1.54, 1.807) is 0 Å². The van der Waals surface area contributed by atoms with Crippen LogP contribution < -0.4 is 14.6 Å². The first-order valence-electron chi connectivity index (χ1n) is 7.25. The highest BCUT2D eigenvalue weighted by molar-refractivity contribution is 7.89. The van der Waals surface area contributed by atoms with Gasteiger partial charge in [0.1, 0.15) is 4.90 Å². The molecule has 3 aromatic rings. The topological polar surface area (TPSA) is 122 Å². The van der Waals surface area contributed by atoms with Gasteiger partial charge in [-0.2, -0.15) is 22.7 Å². The maximum atomic E-state index is 13.2. The van der Waals surface area contributed by atoms with Crippen molar-refractivity contribution in [1.82, 2.24) is 19.6 Å². The average Bonchev–Trinajstić information content (AvgIpc) is 3.03. The Bertz CT molecular complexity index is 1140. The van der Waals surface area contributed by atoms with Crippen molar-refractivity contribution in [3.8, 4) is 23.1 Å². The maximum absolute atomic E-state index is 13.2. The third-order valence-electron chi connectivity index (χ3n) is 3.63. The largest absolute Gasteiger partial charge is 0.491 e. The van der Waals surface area contributed by atoms with Crippen molar-refractivity contribution >= 4 is 27.3 Å². The van der Waals surface area contributed by atoms with E-state index in [4.69, 9.17) is 26.2 Å². The fourth-order valence-corrected chi connectivity index (χ4v) is 3.88. The average molecular weight is 438 g/mol. The number of hydrogen-bond donors (Lipinski definition) is 1. The number of rotatable bonds is 4. The third-order valence-corrected chi connectivity index (χ3v) is 5.13. The molecule has 0 spiro atoms. The summed E-state index contributed by atoms with van der Waals surface area (Å²) in [5, 5.41) is 8.27. The number of sulfonamides is 1. The lowest BCUT2D eigenvalue weighted by Crippen LogP contribution is -2.20. The Kier molecular flexibility index (Phi) is 4.85. The molecular formula is C14H11ClF3N5O4S. The van der Waals surface area contributed by atoms with E-state index >= 15 is 0 Å². The minimum Gasteiger partial charge on any atom is -0.491 e. The normalized spacial score (nSPS) is 12.4. The van der Waals surface area contributed by atoms with E-state index in [0.29, 0.717) is 6.07 Å². The number of fused-ring (bicyclic) bond motifs is 1. The van der Waals surface area contributed by atoms with E-state index in [1.165, 1.54) is 20.4 Å². The standard InChI is InChI=1S/C14H11ClF3N5O4S/c1-26-8-5-20-13(27-2)23-12(8)21-11(22-23)6-3-4-7(14(16,17)18)10(9(6)15)28(19,24)25/h3-5H,1-2H3,(H2,19,24,25). The van der Waals surface area contributed by atoms with Crippen LogP contribution in [0.2, 0.25) is 5.02 Å². The Labute approximate surface area is 160 Å². The Morgan fingerprint density at radius 1 is 1.21 bits per heavy atom. The van der Waals surface area contributed by atoms with Crippen molar-refractivity contribution in [2.24, 2.45) is 5.14 Å². The van der Waals surface area contributed by atoms with Crippen molar-refractivity contribution in [3.05, 3.63) is 28.9 Å². The Balaban J connectivity index is 2.34. The van der Waals surface area contributed by atoms with Crippen LogP contribution in [-0.2, 0) is 16.2 Å². The second kappa shape index (κ2) is 6.76. The Morgan fingerprint density at radius 2 is 1.89 bits per heavy atom. The summed E-state index contributed by atoms with van der Waals surface area (Å²) in [6, 6.07) is 1.49. The van der Waals surface area contributed by atoms with E-state index in [1.807, 2.05) is 0 Å². The molecule has 0 aliphatic carbocycles. The molecular weight excluding hydrogens is 427 g/mol. The molecule has 2 N–H and O–H groups in total. The zero-order valence-corrected chi connectivity index (χ0v) is 15.7. The smallest absolute Gasteiger partial charge is 0.417 e. The van der Waals surface area contributed by atoms with Crippen LogP contribution in [0.1, 0.15) is 5.56 Å². The highest BCUT2D eigenvalue weighted by Crippen LogP contribution is 2.41. The number of nitrogens with zero attached hydrogens (tertiary/aromatic N) is 4. The lowest BCUT2D eigenvalue weighted by molar-refractivity contribution is -0.139. The first kappa shape index (κ1) is 20.1. The molecule has 0 aliphatic heterocycles. The summed E-state index contributed by atoms with van der Waals surface area (Å²) in [5.41, 5.74) is -1.56. The molecule has 0 atom stereocenters. The van der Waals surface area contributed by atoms with E-state index in [9.17, 15) is 21.6 Å². The van der Waals surface area contributed by atoms with Crippen LogP contribution in [0.4, 0.5) is 13.2 Å². The molecule has 3 rings (SSSR count). The molecule has 150 valence electrons. The van der Waals surface area contributed by atoms with Crippen LogP contribution in [0.15, 0.2) is 23.2 Å². The number of benzene rings is 1. The molecule has 9 nitrogen and oxygen atoms in total. The second-order valence-electron chi connectivity index (χ2n) is 5.33. The molecule has 0 aliphatic rings. The van der Waals surface area contributed by atoms with Crippen LogP contribution >= 0.6 is 11.6 Å². The highest BCUT2D eigenvalue weighted by Gasteiger charge is 2.39. The third kappa shape index (κ3) is 3.31. The predicted molar refractivity (Wildman–Crippen MR) is 90.7 cm³/mol. The molecule has 0 unspecified atom stereocenters. The molecule has 0 saturated carbocycles. The van der Waals surface area contributed by atoms with Gasteiger partial charge >= 0.3 is 12.2 Å². The van der Waals surface area contributed by atoms with E-state index in [0.717, 1.165) is 10.6 Å². The van der Waals surface area contributed by atoms with Gasteiger partial charge in [-0.05, 0) is 12.1 Å². The first-order valence-corrected chi connectivity index (χ1v) is 9.18. The van der Waals surface area contributed by atoms with Gasteiger partial charge < -0.3 is 9.47 Å². The number of hydrogen-bond acceptors (Lipinski definition) is 7. The van der Waals surface area contributed by atoms with Gasteiger partial charge in [-0.1, -0.05) is 11.6 Å². The molecule has 28 heavy (non-hydrogen) atoms. The lowest BCUT2D eigenvalue weighted by atomic mass is 10.1. The van der Waals surface area contributed by atoms with Gasteiger partial charge in [-0.3, -0.25) is 0 Å². The van der Waals surface area contributed by atoms with E-state index in [2.05, 4.69) is 15.1 Å². The van der Waals surface area contributed by atoms with Gasteiger partial charge in [-0.15, -0.1) is 5.10 Å². The fourth-order valence-electron chi connectivity index (χ4n) is 2.46. The van der Waals surface area contributed by atoms with E-state index in [-0.39, 0.29) is 28.8 Å². The van der Waals surface area contributed by atoms with Gasteiger partial charge in [0.2, 0.25) is 15.7 Å². The van der Waals surface area contributed by atoms with Gasteiger partial charge in [-0.25, -0.2) is 18.5 Å². The zero-order valence-electron chi connectivity index (χ0n) is 14.2. The predicted octanol–water partition coefficient (Wildman–Crippen LogP) is 2.13. The SMILES string of the molecule is COc1cnc(OC)n2nc(-c3ccc(C(F)(F)F)c(S(N)(=O)=O)c3Cl)nc12. The van der Waals surface area contributed by atoms with Crippen LogP contribution in [0.3, 0.4) is 0 Å². The molecule has 14 heteroatoms. The van der Waals surface area contributed by atoms with Crippen molar-refractivity contribution in [2.75, 3.05) is 14.2 Å². The Morgan fingerprint density at radius 3 is 2.43 bits per heavy atom. The highest BCUT2D eigenvalue weighted by atomic mass is 35.5. The van der Waals surface area contributed by atoms with Crippen molar-refractivity contribution in [1.29, 1.82) is 0 Å². The van der Waals surface area contributed by atoms with Gasteiger partial charge in [0.25, 0.3) is 0 Å². The summed E-state index contributed by atoms with van der Waals surface area (Å²) < 4.78 is 74.4. The number of primary sulfonamides is 1. The maximum Gasteiger partial charge on any atom is 0.417 e. The van der Waals surface area contributed by atoms with Gasteiger partial charge in [0, 0.05) is 5.56 Å². The number of nitrogens with two attached hydrogens (primary N) is 1. The number of methoxy groups -OCH3 is 2. The number of aromatic nitrogens is 4. The minimum atomic E-state index is -4.99. The molecule has 0 amide bonds. The quantitative estimate of drug-likeness (QED) is 0.663. The van der Waals surface area contributed by atoms with Crippen molar-refractivity contribution in [2.45, 2.75) is 11.1 Å². The van der Waals surface area contributed by atoms with Crippen LogP contribution in [0.25, 0.3) is 17.0 Å². The zero-order chi connectivity index (χ0) is 20.9. The molecule has 0 fully saturated rings. The van der Waals surface area contributed by atoms with Crippen LogP contribution in [0.5, 0.6) is 11.8 Å². The lowest BCUT2D eigenvalue weighted by Gasteiger charge is -2.14. The summed E-state index contributed by atoms with van der Waals surface area (Å²) in [4.78, 5) is 6.82. The summed E-state index contributed by atoms with van der Waals surface area (Å²) in [5.74, 6) is 0.00229. The summed E-state index contributed by atoms with van der Waals surface area (Å²) >= 11 is 5.99. The van der Waals surface area contributed by atoms with Gasteiger partial charge in [0.15, 0.2) is 11.6 Å².